The molecule has 0 saturated heterocycles. The molecule has 0 aliphatic heterocycles. The first-order valence-corrected chi connectivity index (χ1v) is 9.74. The summed E-state index contributed by atoms with van der Waals surface area (Å²) in [5, 5.41) is 3.75. The van der Waals surface area contributed by atoms with Gasteiger partial charge in [-0.25, -0.2) is 9.07 Å². The van der Waals surface area contributed by atoms with Crippen LogP contribution in [0.15, 0.2) is 63.1 Å². The molecule has 0 fully saturated rings. The lowest BCUT2D eigenvalue weighted by Gasteiger charge is -2.10. The van der Waals surface area contributed by atoms with Crippen LogP contribution < -0.4 is 5.43 Å². The number of hydrogen-bond acceptors (Lipinski definition) is 5. The van der Waals surface area contributed by atoms with Crippen molar-refractivity contribution in [3.63, 3.8) is 0 Å². The van der Waals surface area contributed by atoms with Crippen molar-refractivity contribution < 1.29 is 22.0 Å². The van der Waals surface area contributed by atoms with Crippen molar-refractivity contribution in [3.05, 3.63) is 70.7 Å². The topological polar surface area (TPSA) is 60.9 Å². The Morgan fingerprint density at radius 1 is 1.20 bits per heavy atom. The maximum Gasteiger partial charge on any atom is 0.435 e. The number of halogens is 4. The van der Waals surface area contributed by atoms with Gasteiger partial charge in [-0.2, -0.15) is 18.3 Å². The maximum atomic E-state index is 13.4. The Kier molecular flexibility index (Phi) is 5.10. The van der Waals surface area contributed by atoms with Gasteiger partial charge in [0.2, 0.25) is 5.43 Å². The van der Waals surface area contributed by atoms with Crippen molar-refractivity contribution in [1.82, 2.24) is 14.8 Å². The third kappa shape index (κ3) is 3.70. The lowest BCUT2D eigenvalue weighted by atomic mass is 10.1. The minimum Gasteiger partial charge on any atom is -0.463 e. The van der Waals surface area contributed by atoms with Gasteiger partial charge in [-0.15, -0.1) is 11.8 Å². The van der Waals surface area contributed by atoms with Crippen molar-refractivity contribution in [3.8, 4) is 16.9 Å². The van der Waals surface area contributed by atoms with E-state index in [1.54, 1.807) is 6.07 Å². The number of benzene rings is 1. The molecule has 0 radical (unpaired) electrons. The summed E-state index contributed by atoms with van der Waals surface area (Å²) < 4.78 is 58.4. The van der Waals surface area contributed by atoms with E-state index in [1.165, 1.54) is 36.5 Å². The summed E-state index contributed by atoms with van der Waals surface area (Å²) in [7, 11) is 0. The van der Waals surface area contributed by atoms with Gasteiger partial charge in [0.25, 0.3) is 0 Å². The van der Waals surface area contributed by atoms with E-state index in [2.05, 4.69) is 10.1 Å². The van der Waals surface area contributed by atoms with Crippen LogP contribution in [0.3, 0.4) is 0 Å². The second-order valence-corrected chi connectivity index (χ2v) is 7.54. The van der Waals surface area contributed by atoms with Crippen molar-refractivity contribution >= 4 is 22.7 Å². The lowest BCUT2D eigenvalue weighted by molar-refractivity contribution is -0.141. The quantitative estimate of drug-likeness (QED) is 0.321. The van der Waals surface area contributed by atoms with Gasteiger partial charge in [0, 0.05) is 17.2 Å². The summed E-state index contributed by atoms with van der Waals surface area (Å²) in [6, 6.07) is 6.10. The Morgan fingerprint density at radius 2 is 2.00 bits per heavy atom. The van der Waals surface area contributed by atoms with E-state index in [4.69, 9.17) is 4.42 Å². The summed E-state index contributed by atoms with van der Waals surface area (Å²) in [5.41, 5.74) is -0.466. The first-order chi connectivity index (χ1) is 14.3. The maximum absolute atomic E-state index is 13.4. The molecule has 30 heavy (non-hydrogen) atoms. The van der Waals surface area contributed by atoms with Gasteiger partial charge < -0.3 is 4.42 Å². The average Bonchev–Trinajstić information content (AvgIpc) is 3.20. The molecule has 4 aromatic rings. The van der Waals surface area contributed by atoms with Crippen LogP contribution in [0.4, 0.5) is 17.6 Å². The first-order valence-electron chi connectivity index (χ1n) is 8.75. The summed E-state index contributed by atoms with van der Waals surface area (Å²) in [6.45, 7) is 1.89. The van der Waals surface area contributed by atoms with E-state index in [0.717, 1.165) is 22.9 Å². The van der Waals surface area contributed by atoms with E-state index < -0.39 is 17.7 Å². The van der Waals surface area contributed by atoms with Gasteiger partial charge in [0.05, 0.1) is 28.5 Å². The average molecular weight is 435 g/mol. The Bertz CT molecular complexity index is 1300. The fourth-order valence-corrected chi connectivity index (χ4v) is 3.73. The summed E-state index contributed by atoms with van der Waals surface area (Å²) in [6.07, 6.45) is -0.819. The number of aromatic nitrogens is 3. The highest BCUT2D eigenvalue weighted by atomic mass is 32.2. The molecule has 4 rings (SSSR count). The van der Waals surface area contributed by atoms with Gasteiger partial charge in [0.15, 0.2) is 5.69 Å². The molecule has 3 heterocycles. The van der Waals surface area contributed by atoms with Gasteiger partial charge in [0.1, 0.15) is 17.7 Å². The molecule has 0 saturated carbocycles. The first kappa shape index (κ1) is 20.1. The highest BCUT2D eigenvalue weighted by molar-refractivity contribution is 7.99. The predicted octanol–water partition coefficient (Wildman–Crippen LogP) is 5.31. The second kappa shape index (κ2) is 7.60. The van der Waals surface area contributed by atoms with Gasteiger partial charge in [-0.05, 0) is 30.0 Å². The van der Waals surface area contributed by atoms with Crippen LogP contribution in [-0.4, -0.2) is 20.5 Å². The summed E-state index contributed by atoms with van der Waals surface area (Å²) in [4.78, 5) is 17.8. The highest BCUT2D eigenvalue weighted by Crippen LogP contribution is 2.32. The predicted molar refractivity (Wildman–Crippen MR) is 104 cm³/mol. The largest absolute Gasteiger partial charge is 0.463 e. The fourth-order valence-electron chi connectivity index (χ4n) is 2.91. The Morgan fingerprint density at radius 3 is 2.70 bits per heavy atom. The van der Waals surface area contributed by atoms with Gasteiger partial charge >= 0.3 is 6.18 Å². The van der Waals surface area contributed by atoms with Gasteiger partial charge in [-0.1, -0.05) is 6.92 Å². The molecule has 0 bridgehead atoms. The molecule has 0 aliphatic carbocycles. The molecule has 0 spiro atoms. The van der Waals surface area contributed by atoms with Crippen LogP contribution in [0.5, 0.6) is 0 Å². The number of rotatable bonds is 4. The third-order valence-corrected chi connectivity index (χ3v) is 5.18. The van der Waals surface area contributed by atoms with Crippen LogP contribution in [-0.2, 0) is 6.18 Å². The van der Waals surface area contributed by atoms with E-state index >= 15 is 0 Å². The Balaban J connectivity index is 1.82. The number of nitrogens with zero attached hydrogens (tertiary/aromatic N) is 3. The van der Waals surface area contributed by atoms with E-state index in [1.807, 2.05) is 6.92 Å². The summed E-state index contributed by atoms with van der Waals surface area (Å²) in [5.74, 6) is 0.107. The zero-order valence-corrected chi connectivity index (χ0v) is 16.2. The standard InChI is InChI=1S/C20H13F4N3O2S/c1-2-30-16-8-12(27-6-5-17(26-27)20(22,23)24)9-25-18(16)14-10-29-15-7-11(21)3-4-13(15)19(14)28/h3-10H,2H2,1H3. The van der Waals surface area contributed by atoms with Gasteiger partial charge in [-0.3, -0.25) is 9.78 Å². The molecule has 0 amide bonds. The van der Waals surface area contributed by atoms with E-state index in [-0.39, 0.29) is 22.0 Å². The van der Waals surface area contributed by atoms with Crippen molar-refractivity contribution in [1.29, 1.82) is 0 Å². The monoisotopic (exact) mass is 435 g/mol. The third-order valence-electron chi connectivity index (χ3n) is 4.27. The smallest absolute Gasteiger partial charge is 0.435 e. The fraction of sp³-hybridized carbons (Fsp3) is 0.150. The number of thioether (sulfide) groups is 1. The van der Waals surface area contributed by atoms with Crippen LogP contribution in [0.2, 0.25) is 0 Å². The number of pyridine rings is 1. The molecule has 1 aromatic carbocycles. The minimum absolute atomic E-state index is 0.112. The molecule has 3 aromatic heterocycles. The minimum atomic E-state index is -4.55. The van der Waals surface area contributed by atoms with Crippen LogP contribution in [0.1, 0.15) is 12.6 Å². The molecule has 5 nitrogen and oxygen atoms in total. The molecular weight excluding hydrogens is 422 g/mol. The SMILES string of the molecule is CCSc1cc(-n2ccc(C(F)(F)F)n2)cnc1-c1coc2cc(F)ccc2c1=O. The Labute approximate surface area is 171 Å². The van der Waals surface area contributed by atoms with E-state index in [9.17, 15) is 22.4 Å². The van der Waals surface area contributed by atoms with Crippen LogP contribution in [0, 0.1) is 5.82 Å². The van der Waals surface area contributed by atoms with Crippen molar-refractivity contribution in [2.75, 3.05) is 5.75 Å². The number of fused-ring (bicyclic) bond motifs is 1. The van der Waals surface area contributed by atoms with Crippen molar-refractivity contribution in [2.24, 2.45) is 0 Å². The van der Waals surface area contributed by atoms with E-state index in [0.29, 0.717) is 22.0 Å². The number of hydrogen-bond donors (Lipinski definition) is 0. The number of alkyl halides is 3. The van der Waals surface area contributed by atoms with Crippen molar-refractivity contribution in [2.45, 2.75) is 18.0 Å². The zero-order chi connectivity index (χ0) is 21.5. The molecule has 0 unspecified atom stereocenters. The molecule has 0 atom stereocenters. The zero-order valence-electron chi connectivity index (χ0n) is 15.4. The Hall–Kier alpha value is -3.14. The normalized spacial score (nSPS) is 11.9. The molecule has 10 heteroatoms. The molecule has 0 aliphatic rings. The second-order valence-electron chi connectivity index (χ2n) is 6.24. The van der Waals surface area contributed by atoms with Crippen LogP contribution >= 0.6 is 11.8 Å². The van der Waals surface area contributed by atoms with Crippen LogP contribution in [0.25, 0.3) is 27.9 Å². The summed E-state index contributed by atoms with van der Waals surface area (Å²) >= 11 is 1.37. The highest BCUT2D eigenvalue weighted by Gasteiger charge is 2.33. The molecular formula is C20H13F4N3O2S. The lowest BCUT2D eigenvalue weighted by Crippen LogP contribution is -2.09. The molecule has 0 N–H and O–H groups in total. The molecule has 154 valence electrons.